The second-order valence-electron chi connectivity index (χ2n) is 7.04. The van der Waals surface area contributed by atoms with E-state index >= 15 is 0 Å². The van der Waals surface area contributed by atoms with Gasteiger partial charge in [0.05, 0.1) is 6.10 Å². The van der Waals surface area contributed by atoms with Crippen molar-refractivity contribution in [1.29, 1.82) is 0 Å². The molecule has 4 heteroatoms. The molecule has 2 atom stereocenters. The third kappa shape index (κ3) is 3.44. The average Bonchev–Trinajstić information content (AvgIpc) is 2.56. The number of piperidine rings is 1. The van der Waals surface area contributed by atoms with Gasteiger partial charge in [-0.3, -0.25) is 4.90 Å². The number of hydrogen-bond acceptors (Lipinski definition) is 4. The molecule has 1 aromatic rings. The van der Waals surface area contributed by atoms with E-state index in [9.17, 15) is 5.11 Å². The Bertz CT molecular complexity index is 483. The molecule has 1 aromatic heterocycles. The monoisotopic (exact) mass is 303 g/mol. The first-order valence-electron chi connectivity index (χ1n) is 8.71. The lowest BCUT2D eigenvalue weighted by atomic mass is 9.87. The zero-order chi connectivity index (χ0) is 15.5. The van der Waals surface area contributed by atoms with Gasteiger partial charge >= 0.3 is 0 Å². The van der Waals surface area contributed by atoms with Crippen LogP contribution in [0.1, 0.15) is 50.1 Å². The predicted octanol–water partition coefficient (Wildman–Crippen LogP) is 2.63. The first-order valence-corrected chi connectivity index (χ1v) is 8.71. The lowest BCUT2D eigenvalue weighted by molar-refractivity contribution is 0.00854. The highest BCUT2D eigenvalue weighted by Gasteiger charge is 2.32. The highest BCUT2D eigenvalue weighted by molar-refractivity contribution is 5.37. The summed E-state index contributed by atoms with van der Waals surface area (Å²) in [5.41, 5.74) is 1.23. The molecule has 1 aliphatic carbocycles. The van der Waals surface area contributed by atoms with Gasteiger partial charge in [0, 0.05) is 31.7 Å². The van der Waals surface area contributed by atoms with Crippen molar-refractivity contribution >= 4 is 5.82 Å². The third-order valence-electron chi connectivity index (χ3n) is 5.32. The van der Waals surface area contributed by atoms with Crippen LogP contribution >= 0.6 is 0 Å². The number of nitrogens with zero attached hydrogens (tertiary/aromatic N) is 3. The number of rotatable bonds is 3. The Morgan fingerprint density at radius 3 is 2.50 bits per heavy atom. The molecular formula is C18H29N3O. The number of pyridine rings is 1. The summed E-state index contributed by atoms with van der Waals surface area (Å²) in [4.78, 5) is 9.40. The van der Waals surface area contributed by atoms with E-state index in [1.165, 1.54) is 25.0 Å². The molecular weight excluding hydrogens is 274 g/mol. The van der Waals surface area contributed by atoms with Crippen LogP contribution in [0.2, 0.25) is 0 Å². The van der Waals surface area contributed by atoms with E-state index in [1.54, 1.807) is 0 Å². The first-order chi connectivity index (χ1) is 10.6. The Hall–Kier alpha value is -1.13. The van der Waals surface area contributed by atoms with E-state index in [2.05, 4.69) is 28.0 Å². The number of hydrogen-bond donors (Lipinski definition) is 1. The van der Waals surface area contributed by atoms with Crippen LogP contribution < -0.4 is 4.90 Å². The number of anilines is 1. The minimum Gasteiger partial charge on any atom is -0.391 e. The van der Waals surface area contributed by atoms with Crippen LogP contribution in [0.5, 0.6) is 0 Å². The maximum Gasteiger partial charge on any atom is 0.128 e. The van der Waals surface area contributed by atoms with E-state index in [1.807, 2.05) is 14.1 Å². The smallest absolute Gasteiger partial charge is 0.128 e. The maximum absolute atomic E-state index is 10.2. The Labute approximate surface area is 134 Å². The van der Waals surface area contributed by atoms with E-state index in [4.69, 9.17) is 4.98 Å². The largest absolute Gasteiger partial charge is 0.391 e. The van der Waals surface area contributed by atoms with Gasteiger partial charge in [-0.2, -0.15) is 0 Å². The minimum absolute atomic E-state index is 0.111. The van der Waals surface area contributed by atoms with Gasteiger partial charge in [-0.05, 0) is 50.9 Å². The molecule has 122 valence electrons. The lowest BCUT2D eigenvalue weighted by Gasteiger charge is -2.41. The molecule has 2 heterocycles. The van der Waals surface area contributed by atoms with Gasteiger partial charge in [0.15, 0.2) is 0 Å². The lowest BCUT2D eigenvalue weighted by Crippen LogP contribution is -2.48. The summed E-state index contributed by atoms with van der Waals surface area (Å²) >= 11 is 0. The van der Waals surface area contributed by atoms with Crippen molar-refractivity contribution in [3.05, 3.63) is 23.9 Å². The highest BCUT2D eigenvalue weighted by atomic mass is 16.3. The predicted molar refractivity (Wildman–Crippen MR) is 90.4 cm³/mol. The zero-order valence-corrected chi connectivity index (χ0v) is 13.9. The summed E-state index contributed by atoms with van der Waals surface area (Å²) in [5, 5.41) is 10.2. The molecule has 22 heavy (non-hydrogen) atoms. The van der Waals surface area contributed by atoms with Crippen molar-refractivity contribution in [3.8, 4) is 0 Å². The fourth-order valence-corrected chi connectivity index (χ4v) is 3.96. The molecule has 1 aliphatic heterocycles. The molecule has 1 N–H and O–H groups in total. The van der Waals surface area contributed by atoms with Crippen molar-refractivity contribution in [2.45, 2.75) is 56.6 Å². The van der Waals surface area contributed by atoms with E-state index < -0.39 is 0 Å². The highest BCUT2D eigenvalue weighted by Crippen LogP contribution is 2.31. The Balaban J connectivity index is 1.60. The van der Waals surface area contributed by atoms with Crippen molar-refractivity contribution in [2.24, 2.45) is 0 Å². The molecule has 0 amide bonds. The summed E-state index contributed by atoms with van der Waals surface area (Å²) in [6.07, 6.45) is 6.82. The van der Waals surface area contributed by atoms with Gasteiger partial charge in [0.2, 0.25) is 0 Å². The van der Waals surface area contributed by atoms with Gasteiger partial charge < -0.3 is 10.0 Å². The van der Waals surface area contributed by atoms with E-state index in [-0.39, 0.29) is 6.10 Å². The van der Waals surface area contributed by atoms with E-state index in [0.717, 1.165) is 38.2 Å². The van der Waals surface area contributed by atoms with Crippen LogP contribution in [0.3, 0.4) is 0 Å². The molecule has 2 unspecified atom stereocenters. The molecule has 1 saturated carbocycles. The Morgan fingerprint density at radius 2 is 1.82 bits per heavy atom. The van der Waals surface area contributed by atoms with Crippen LogP contribution in [0.15, 0.2) is 18.2 Å². The van der Waals surface area contributed by atoms with Crippen molar-refractivity contribution < 1.29 is 5.11 Å². The van der Waals surface area contributed by atoms with Gasteiger partial charge in [-0.25, -0.2) is 4.98 Å². The first kappa shape index (κ1) is 15.8. The fourth-order valence-electron chi connectivity index (χ4n) is 3.96. The van der Waals surface area contributed by atoms with Crippen molar-refractivity contribution in [1.82, 2.24) is 9.88 Å². The van der Waals surface area contributed by atoms with Gasteiger partial charge in [0.1, 0.15) is 5.82 Å². The summed E-state index contributed by atoms with van der Waals surface area (Å²) in [6, 6.07) is 6.75. The zero-order valence-electron chi connectivity index (χ0n) is 13.9. The summed E-state index contributed by atoms with van der Waals surface area (Å²) in [5.74, 6) is 1.61. The third-order valence-corrected chi connectivity index (χ3v) is 5.32. The van der Waals surface area contributed by atoms with Gasteiger partial charge in [0.25, 0.3) is 0 Å². The summed E-state index contributed by atoms with van der Waals surface area (Å²) in [6.45, 7) is 2.19. The molecule has 1 saturated heterocycles. The molecule has 4 nitrogen and oxygen atoms in total. The van der Waals surface area contributed by atoms with Gasteiger partial charge in [-0.1, -0.05) is 18.9 Å². The minimum atomic E-state index is -0.111. The molecule has 0 aromatic carbocycles. The number of likely N-dealkylation sites (tertiary alicyclic amines) is 1. The van der Waals surface area contributed by atoms with Crippen molar-refractivity contribution in [3.63, 3.8) is 0 Å². The number of aliphatic hydroxyl groups excluding tert-OH is 1. The average molecular weight is 303 g/mol. The number of aromatic nitrogens is 1. The van der Waals surface area contributed by atoms with Crippen LogP contribution in [0.4, 0.5) is 5.82 Å². The second-order valence-corrected chi connectivity index (χ2v) is 7.04. The molecule has 2 fully saturated rings. The second kappa shape index (κ2) is 6.97. The molecule has 2 aliphatic rings. The topological polar surface area (TPSA) is 39.6 Å². The summed E-state index contributed by atoms with van der Waals surface area (Å²) < 4.78 is 0. The van der Waals surface area contributed by atoms with Gasteiger partial charge in [-0.15, -0.1) is 0 Å². The van der Waals surface area contributed by atoms with Crippen molar-refractivity contribution in [2.75, 3.05) is 32.1 Å². The number of aliphatic hydroxyl groups is 1. The molecule has 0 spiro atoms. The molecule has 0 radical (unpaired) electrons. The Kier molecular flexibility index (Phi) is 4.99. The maximum atomic E-state index is 10.2. The Morgan fingerprint density at radius 1 is 1.09 bits per heavy atom. The standard InChI is InChI=1S/C18H29N3O/c1-20(2)18-9-5-6-15(19-18)14-10-12-21(13-11-14)16-7-3-4-8-17(16)22/h5-6,9,14,16-17,22H,3-4,7-8,10-13H2,1-2H3. The van der Waals surface area contributed by atoms with Crippen LogP contribution in [-0.4, -0.2) is 54.3 Å². The van der Waals surface area contributed by atoms with Crippen LogP contribution in [0.25, 0.3) is 0 Å². The molecule has 3 rings (SSSR count). The summed E-state index contributed by atoms with van der Waals surface area (Å²) in [7, 11) is 4.08. The SMILES string of the molecule is CN(C)c1cccc(C2CCN(C3CCCCC3O)CC2)n1. The normalized spacial score (nSPS) is 27.8. The quantitative estimate of drug-likeness (QED) is 0.932. The fraction of sp³-hybridized carbons (Fsp3) is 0.722. The van der Waals surface area contributed by atoms with E-state index in [0.29, 0.717) is 12.0 Å². The van der Waals surface area contributed by atoms with Crippen LogP contribution in [0, 0.1) is 0 Å². The van der Waals surface area contributed by atoms with Crippen LogP contribution in [-0.2, 0) is 0 Å². The molecule has 0 bridgehead atoms.